The van der Waals surface area contributed by atoms with E-state index in [1.807, 2.05) is 30.3 Å². The number of halogens is 2. The zero-order chi connectivity index (χ0) is 12.3. The molecule has 0 fully saturated rings. The number of nitrogens with two attached hydrogens (primary N) is 1. The smallest absolute Gasteiger partial charge is 0.0964 e. The summed E-state index contributed by atoms with van der Waals surface area (Å²) >= 11 is 13.7. The highest BCUT2D eigenvalue weighted by atomic mass is 35.5. The predicted molar refractivity (Wildman–Crippen MR) is 74.7 cm³/mol. The van der Waals surface area contributed by atoms with Gasteiger partial charge in [0, 0.05) is 15.8 Å². The quantitative estimate of drug-likeness (QED) is 0.856. The van der Waals surface area contributed by atoms with Crippen LogP contribution >= 0.6 is 35.0 Å². The summed E-state index contributed by atoms with van der Waals surface area (Å²) < 4.78 is 0. The minimum absolute atomic E-state index is 0.658. The van der Waals surface area contributed by atoms with Crippen molar-refractivity contribution in [1.82, 2.24) is 4.98 Å². The summed E-state index contributed by atoms with van der Waals surface area (Å²) in [4.78, 5) is 4.20. The first-order chi connectivity index (χ1) is 8.16. The summed E-state index contributed by atoms with van der Waals surface area (Å²) in [5, 5.41) is 2.26. The van der Waals surface area contributed by atoms with Crippen LogP contribution in [0.1, 0.15) is 5.56 Å². The highest BCUT2D eigenvalue weighted by molar-refractivity contribution is 7.98. The maximum absolute atomic E-state index is 6.08. The van der Waals surface area contributed by atoms with Crippen LogP contribution in [-0.4, -0.2) is 4.98 Å². The van der Waals surface area contributed by atoms with Crippen molar-refractivity contribution in [3.05, 3.63) is 52.1 Å². The van der Waals surface area contributed by atoms with Gasteiger partial charge in [0.25, 0.3) is 0 Å². The molecule has 2 rings (SSSR count). The highest BCUT2D eigenvalue weighted by Crippen LogP contribution is 2.30. The van der Waals surface area contributed by atoms with Crippen LogP contribution in [0.15, 0.2) is 41.6 Å². The number of benzene rings is 1. The Bertz CT molecular complexity index is 494. The average molecular weight is 285 g/mol. The molecule has 5 heteroatoms. The number of hydrogen-bond acceptors (Lipinski definition) is 3. The Hall–Kier alpha value is -0.900. The number of nitrogen functional groups attached to an aromatic ring is 1. The highest BCUT2D eigenvalue weighted by Gasteiger charge is 2.06. The van der Waals surface area contributed by atoms with Crippen molar-refractivity contribution in [2.75, 3.05) is 5.73 Å². The normalized spacial score (nSPS) is 10.5. The molecule has 2 nitrogen and oxygen atoms in total. The van der Waals surface area contributed by atoms with Gasteiger partial charge in [0.2, 0.25) is 0 Å². The third kappa shape index (κ3) is 3.28. The van der Waals surface area contributed by atoms with Crippen molar-refractivity contribution < 1.29 is 0 Å². The molecule has 0 radical (unpaired) electrons. The van der Waals surface area contributed by atoms with E-state index in [2.05, 4.69) is 4.98 Å². The van der Waals surface area contributed by atoms with Gasteiger partial charge < -0.3 is 5.73 Å². The number of anilines is 1. The van der Waals surface area contributed by atoms with E-state index in [1.54, 1.807) is 18.0 Å². The van der Waals surface area contributed by atoms with E-state index in [0.717, 1.165) is 10.6 Å². The molecule has 1 aromatic heterocycles. The van der Waals surface area contributed by atoms with Crippen molar-refractivity contribution in [1.29, 1.82) is 0 Å². The molecule has 88 valence electrons. The molecular formula is C12H10Cl2N2S. The number of rotatable bonds is 3. The largest absolute Gasteiger partial charge is 0.397 e. The van der Waals surface area contributed by atoms with Crippen molar-refractivity contribution in [3.63, 3.8) is 0 Å². The fourth-order valence-electron chi connectivity index (χ4n) is 1.29. The molecule has 0 spiro atoms. The summed E-state index contributed by atoms with van der Waals surface area (Å²) in [6, 6.07) is 9.20. The molecule has 0 amide bonds. The lowest BCUT2D eigenvalue weighted by molar-refractivity contribution is 1.13. The molecule has 1 aromatic carbocycles. The third-order valence-corrected chi connectivity index (χ3v) is 3.86. The van der Waals surface area contributed by atoms with Gasteiger partial charge in [-0.1, -0.05) is 29.3 Å². The molecule has 0 bridgehead atoms. The SMILES string of the molecule is Nc1ccc(SCc2c(Cl)cccc2Cl)nc1. The predicted octanol–water partition coefficient (Wildman–Crippen LogP) is 4.26. The van der Waals surface area contributed by atoms with Gasteiger partial charge >= 0.3 is 0 Å². The van der Waals surface area contributed by atoms with E-state index in [0.29, 0.717) is 21.5 Å². The Balaban J connectivity index is 2.10. The lowest BCUT2D eigenvalue weighted by Gasteiger charge is -2.06. The van der Waals surface area contributed by atoms with Crippen LogP contribution in [0.2, 0.25) is 10.0 Å². The van der Waals surface area contributed by atoms with Crippen LogP contribution < -0.4 is 5.73 Å². The zero-order valence-electron chi connectivity index (χ0n) is 8.86. The third-order valence-electron chi connectivity index (χ3n) is 2.19. The molecule has 0 atom stereocenters. The Morgan fingerprint density at radius 1 is 1.12 bits per heavy atom. The lowest BCUT2D eigenvalue weighted by Crippen LogP contribution is -1.88. The summed E-state index contributed by atoms with van der Waals surface area (Å²) in [6.07, 6.45) is 1.64. The van der Waals surface area contributed by atoms with E-state index in [-0.39, 0.29) is 0 Å². The monoisotopic (exact) mass is 284 g/mol. The Kier molecular flexibility index (Phi) is 4.15. The van der Waals surface area contributed by atoms with Gasteiger partial charge in [0.15, 0.2) is 0 Å². The Morgan fingerprint density at radius 3 is 2.41 bits per heavy atom. The van der Waals surface area contributed by atoms with Crippen LogP contribution in [0, 0.1) is 0 Å². The molecule has 1 heterocycles. The summed E-state index contributed by atoms with van der Waals surface area (Å²) in [7, 11) is 0. The van der Waals surface area contributed by atoms with E-state index >= 15 is 0 Å². The minimum atomic E-state index is 0.658. The molecule has 0 unspecified atom stereocenters. The second-order valence-electron chi connectivity index (χ2n) is 3.42. The van der Waals surface area contributed by atoms with Gasteiger partial charge in [-0.15, -0.1) is 11.8 Å². The maximum Gasteiger partial charge on any atom is 0.0964 e. The molecule has 0 saturated carbocycles. The van der Waals surface area contributed by atoms with E-state index < -0.39 is 0 Å². The van der Waals surface area contributed by atoms with Crippen LogP contribution in [-0.2, 0) is 5.75 Å². The Labute approximate surface area is 114 Å². The van der Waals surface area contributed by atoms with E-state index in [4.69, 9.17) is 28.9 Å². The molecule has 0 saturated heterocycles. The first-order valence-corrected chi connectivity index (χ1v) is 6.68. The second kappa shape index (κ2) is 5.63. The average Bonchev–Trinajstić information content (AvgIpc) is 2.31. The summed E-state index contributed by atoms with van der Waals surface area (Å²) in [5.74, 6) is 0.690. The molecule has 17 heavy (non-hydrogen) atoms. The van der Waals surface area contributed by atoms with Gasteiger partial charge in [-0.05, 0) is 29.8 Å². The molecule has 2 N–H and O–H groups in total. The topological polar surface area (TPSA) is 38.9 Å². The van der Waals surface area contributed by atoms with Crippen molar-refractivity contribution in [2.24, 2.45) is 0 Å². The lowest BCUT2D eigenvalue weighted by atomic mass is 10.2. The van der Waals surface area contributed by atoms with Crippen molar-refractivity contribution in [2.45, 2.75) is 10.8 Å². The van der Waals surface area contributed by atoms with Crippen LogP contribution in [0.25, 0.3) is 0 Å². The summed E-state index contributed by atoms with van der Waals surface area (Å²) in [6.45, 7) is 0. The van der Waals surface area contributed by atoms with Crippen LogP contribution in [0.3, 0.4) is 0 Å². The Morgan fingerprint density at radius 2 is 1.82 bits per heavy atom. The zero-order valence-corrected chi connectivity index (χ0v) is 11.2. The molecule has 2 aromatic rings. The fraction of sp³-hybridized carbons (Fsp3) is 0.0833. The number of thioether (sulfide) groups is 1. The van der Waals surface area contributed by atoms with Gasteiger partial charge in [-0.2, -0.15) is 0 Å². The molecule has 0 aliphatic carbocycles. The molecule has 0 aliphatic rings. The van der Waals surface area contributed by atoms with Crippen LogP contribution in [0.5, 0.6) is 0 Å². The molecular weight excluding hydrogens is 275 g/mol. The number of pyridine rings is 1. The fourth-order valence-corrected chi connectivity index (χ4v) is 2.88. The van der Waals surface area contributed by atoms with Gasteiger partial charge in [-0.3, -0.25) is 0 Å². The second-order valence-corrected chi connectivity index (χ2v) is 5.23. The minimum Gasteiger partial charge on any atom is -0.397 e. The summed E-state index contributed by atoms with van der Waals surface area (Å²) in [5.41, 5.74) is 7.16. The first-order valence-electron chi connectivity index (χ1n) is 4.94. The van der Waals surface area contributed by atoms with Gasteiger partial charge in [0.1, 0.15) is 0 Å². The van der Waals surface area contributed by atoms with Crippen molar-refractivity contribution >= 4 is 40.7 Å². The van der Waals surface area contributed by atoms with Gasteiger partial charge in [-0.25, -0.2) is 4.98 Å². The number of hydrogen-bond donors (Lipinski definition) is 1. The van der Waals surface area contributed by atoms with E-state index in [1.165, 1.54) is 0 Å². The van der Waals surface area contributed by atoms with Gasteiger partial charge in [0.05, 0.1) is 16.9 Å². The molecule has 0 aliphatic heterocycles. The maximum atomic E-state index is 6.08. The standard InChI is InChI=1S/C12H10Cl2N2S/c13-10-2-1-3-11(14)9(10)7-17-12-5-4-8(15)6-16-12/h1-6H,7,15H2. The van der Waals surface area contributed by atoms with E-state index in [9.17, 15) is 0 Å². The first kappa shape index (κ1) is 12.6. The number of nitrogens with zero attached hydrogens (tertiary/aromatic N) is 1. The number of aromatic nitrogens is 1. The van der Waals surface area contributed by atoms with Crippen molar-refractivity contribution in [3.8, 4) is 0 Å². The van der Waals surface area contributed by atoms with Crippen LogP contribution in [0.4, 0.5) is 5.69 Å².